The fourth-order valence-electron chi connectivity index (χ4n) is 7.69. The Morgan fingerprint density at radius 3 is 1.25 bits per heavy atom. The monoisotopic (exact) mass is 1260 g/mol. The highest BCUT2D eigenvalue weighted by Crippen LogP contribution is 2.45. The molecular formula is C60H43BrF9N11O6. The van der Waals surface area contributed by atoms with Crippen LogP contribution in [0.5, 0.6) is 28.7 Å². The van der Waals surface area contributed by atoms with Gasteiger partial charge in [-0.2, -0.15) is 60.4 Å². The molecule has 4 N–H and O–H groups in total. The van der Waals surface area contributed by atoms with Gasteiger partial charge in [0.2, 0.25) is 5.43 Å². The van der Waals surface area contributed by atoms with Crippen molar-refractivity contribution in [2.45, 2.75) is 38.3 Å². The van der Waals surface area contributed by atoms with E-state index in [0.717, 1.165) is 11.1 Å². The van der Waals surface area contributed by atoms with Gasteiger partial charge in [-0.25, -0.2) is 0 Å². The van der Waals surface area contributed by atoms with E-state index in [9.17, 15) is 44.3 Å². The molecule has 0 spiro atoms. The number of halogens is 10. The number of alkyl halides is 9. The summed E-state index contributed by atoms with van der Waals surface area (Å²) in [6, 6.07) is 44.8. The molecular weight excluding hydrogens is 1220 g/mol. The molecule has 0 atom stereocenters. The maximum atomic E-state index is 14.1. The van der Waals surface area contributed by atoms with E-state index in [2.05, 4.69) is 46.7 Å². The number of rotatable bonds is 15. The topological polar surface area (TPSA) is 253 Å². The van der Waals surface area contributed by atoms with E-state index in [1.807, 2.05) is 18.2 Å². The average Bonchev–Trinajstić information content (AvgIpc) is 3.51. The van der Waals surface area contributed by atoms with Gasteiger partial charge in [-0.05, 0) is 105 Å². The number of methoxy groups -OCH3 is 3. The average molecular weight is 1260 g/mol. The summed E-state index contributed by atoms with van der Waals surface area (Å²) < 4.78 is 146. The lowest BCUT2D eigenvalue weighted by Crippen LogP contribution is -2.22. The van der Waals surface area contributed by atoms with Gasteiger partial charge in [-0.15, -0.1) is 20.4 Å². The first-order valence-corrected chi connectivity index (χ1v) is 25.8. The summed E-state index contributed by atoms with van der Waals surface area (Å²) in [6.07, 6.45) is -14.3. The van der Waals surface area contributed by atoms with Crippen molar-refractivity contribution in [1.82, 2.24) is 30.6 Å². The molecule has 17 nitrogen and oxygen atoms in total. The van der Waals surface area contributed by atoms with Gasteiger partial charge in [0.25, 0.3) is 0 Å². The van der Waals surface area contributed by atoms with Crippen molar-refractivity contribution in [2.75, 3.05) is 32.4 Å². The fraction of sp³-hybridized carbons (Fsp3) is 0.150. The molecule has 87 heavy (non-hydrogen) atoms. The summed E-state index contributed by atoms with van der Waals surface area (Å²) in [7, 11) is 4.60. The standard InChI is InChI=1S/C28H23F3N4O3.C20H13BrF3N3O2.C12H7F3N4O/c1-36-22-11-5-19(6-12-22)16-33-25-26(38-17-20-7-13-23(37-2)14-8-20)24(34-35-27(25)28(29,30)31)21-9-3-18(15-32)4-10-21;1-28-15-8-4-13(5-9-15)11-29-18-16(21)19(20(22,23)24)27-26-17(18)14-6-2-12(10-25)3-7-14;13-12(14,15)11-8(17)10(20)9(18-19-11)7-3-1-6(5-16)2-4-7/h3-14H,16-17H2,1-2H3,(H,33,34);2-9H,11H2,1H3;1-4H,(H2,17,18)(H,19,20). The molecule has 3 heterocycles. The van der Waals surface area contributed by atoms with Gasteiger partial charge in [0, 0.05) is 23.2 Å². The van der Waals surface area contributed by atoms with Crippen LogP contribution in [0.2, 0.25) is 0 Å². The minimum atomic E-state index is -4.79. The molecule has 27 heteroatoms. The lowest BCUT2D eigenvalue weighted by molar-refractivity contribution is -0.143. The Balaban J connectivity index is 0.000000196. The summed E-state index contributed by atoms with van der Waals surface area (Å²) in [5, 5.41) is 49.2. The number of nitrogens with zero attached hydrogens (tertiary/aromatic N) is 8. The molecule has 0 aliphatic heterocycles. The van der Waals surface area contributed by atoms with Gasteiger partial charge in [-0.1, -0.05) is 72.8 Å². The van der Waals surface area contributed by atoms with E-state index in [-0.39, 0.29) is 64.1 Å². The van der Waals surface area contributed by atoms with Crippen molar-refractivity contribution in [3.05, 3.63) is 211 Å². The molecule has 0 bridgehead atoms. The molecule has 0 fully saturated rings. The van der Waals surface area contributed by atoms with Crippen molar-refractivity contribution in [1.29, 1.82) is 15.8 Å². The predicted octanol–water partition coefficient (Wildman–Crippen LogP) is 13.5. The SMILES string of the molecule is COc1ccc(CNc2c(C(F)(F)F)nnc(-c3ccc(C#N)cc3)c2OCc2ccc(OC)cc2)cc1.COc1ccc(COc2c(-c3ccc(C#N)cc3)nnc(C(F)(F)F)c2Br)cc1.N#Cc1ccc(-c2n[nH]c(C(F)(F)F)c(N)c2=O)cc1. The Morgan fingerprint density at radius 2 is 0.874 bits per heavy atom. The second-order valence-electron chi connectivity index (χ2n) is 17.9. The fourth-order valence-corrected chi connectivity index (χ4v) is 8.29. The van der Waals surface area contributed by atoms with Crippen LogP contribution in [-0.2, 0) is 38.3 Å². The maximum Gasteiger partial charge on any atom is 0.437 e. The molecule has 9 rings (SSSR count). The second kappa shape index (κ2) is 28.2. The summed E-state index contributed by atoms with van der Waals surface area (Å²) >= 11 is 2.97. The van der Waals surface area contributed by atoms with Gasteiger partial charge < -0.3 is 34.7 Å². The number of nitrogens with two attached hydrogens (primary N) is 1. The minimum Gasteiger partial charge on any atom is -0.497 e. The Hall–Kier alpha value is -10.7. The van der Waals surface area contributed by atoms with E-state index < -0.39 is 46.7 Å². The summed E-state index contributed by atoms with van der Waals surface area (Å²) in [5.74, 6) is 1.72. The van der Waals surface area contributed by atoms with Crippen LogP contribution in [0.4, 0.5) is 50.9 Å². The number of anilines is 2. The Kier molecular flexibility index (Phi) is 20.7. The third kappa shape index (κ3) is 16.3. The second-order valence-corrected chi connectivity index (χ2v) is 18.7. The highest BCUT2D eigenvalue weighted by atomic mass is 79.9. The highest BCUT2D eigenvalue weighted by Gasteiger charge is 2.40. The Morgan fingerprint density at radius 1 is 0.506 bits per heavy atom. The molecule has 0 amide bonds. The van der Waals surface area contributed by atoms with Gasteiger partial charge in [0.1, 0.15) is 58.9 Å². The zero-order chi connectivity index (χ0) is 63.1. The van der Waals surface area contributed by atoms with Crippen LogP contribution in [0.25, 0.3) is 33.8 Å². The number of nitriles is 3. The summed E-state index contributed by atoms with van der Waals surface area (Å²) in [4.78, 5) is 11.8. The predicted molar refractivity (Wildman–Crippen MR) is 301 cm³/mol. The molecule has 0 aliphatic carbocycles. The molecule has 6 aromatic carbocycles. The number of hydrogen-bond donors (Lipinski definition) is 3. The van der Waals surface area contributed by atoms with Crippen molar-refractivity contribution >= 4 is 27.3 Å². The number of ether oxygens (including phenoxy) is 5. The van der Waals surface area contributed by atoms with Crippen molar-refractivity contribution in [3.8, 4) is 80.7 Å². The number of benzene rings is 6. The van der Waals surface area contributed by atoms with Crippen LogP contribution in [0.15, 0.2) is 155 Å². The number of aromatic amines is 1. The highest BCUT2D eigenvalue weighted by molar-refractivity contribution is 9.10. The van der Waals surface area contributed by atoms with Crippen molar-refractivity contribution in [2.24, 2.45) is 0 Å². The lowest BCUT2D eigenvalue weighted by atomic mass is 10.1. The molecule has 444 valence electrons. The molecule has 0 saturated heterocycles. The third-order valence-electron chi connectivity index (χ3n) is 12.2. The summed E-state index contributed by atoms with van der Waals surface area (Å²) in [6.45, 7) is 0.0345. The first-order chi connectivity index (χ1) is 41.5. The normalized spacial score (nSPS) is 11.0. The van der Waals surface area contributed by atoms with E-state index in [4.69, 9.17) is 45.2 Å². The smallest absolute Gasteiger partial charge is 0.437 e. The van der Waals surface area contributed by atoms with Crippen LogP contribution >= 0.6 is 15.9 Å². The van der Waals surface area contributed by atoms with E-state index in [0.29, 0.717) is 50.6 Å². The molecule has 0 aliphatic rings. The van der Waals surface area contributed by atoms with Crippen LogP contribution in [0.1, 0.15) is 50.5 Å². The summed E-state index contributed by atoms with van der Waals surface area (Å²) in [5.41, 5.74) is 3.66. The minimum absolute atomic E-state index is 0.00879. The largest absolute Gasteiger partial charge is 0.497 e. The zero-order valence-electron chi connectivity index (χ0n) is 45.4. The number of aromatic nitrogens is 6. The van der Waals surface area contributed by atoms with Crippen molar-refractivity contribution in [3.63, 3.8) is 0 Å². The van der Waals surface area contributed by atoms with Gasteiger partial charge >= 0.3 is 18.5 Å². The molecule has 0 saturated carbocycles. The molecule has 0 radical (unpaired) electrons. The zero-order valence-corrected chi connectivity index (χ0v) is 46.9. The lowest BCUT2D eigenvalue weighted by Gasteiger charge is -2.20. The molecule has 0 unspecified atom stereocenters. The van der Waals surface area contributed by atoms with Crippen molar-refractivity contribution < 1.29 is 63.2 Å². The van der Waals surface area contributed by atoms with Gasteiger partial charge in [0.15, 0.2) is 28.6 Å². The van der Waals surface area contributed by atoms with Crippen LogP contribution < -0.4 is 40.2 Å². The van der Waals surface area contributed by atoms with E-state index >= 15 is 0 Å². The van der Waals surface area contributed by atoms with Crippen LogP contribution in [0.3, 0.4) is 0 Å². The van der Waals surface area contributed by atoms with Gasteiger partial charge in [-0.3, -0.25) is 9.89 Å². The third-order valence-corrected chi connectivity index (χ3v) is 12.9. The van der Waals surface area contributed by atoms with Gasteiger partial charge in [0.05, 0.1) is 60.7 Å². The number of H-pyrrole nitrogens is 1. The van der Waals surface area contributed by atoms with E-state index in [1.165, 1.54) is 57.7 Å². The molecule has 9 aromatic rings. The maximum absolute atomic E-state index is 14.1. The Bertz CT molecular complexity index is 4020. The number of nitrogen functional groups attached to an aromatic ring is 1. The van der Waals surface area contributed by atoms with Crippen LogP contribution in [-0.4, -0.2) is 51.9 Å². The first-order valence-electron chi connectivity index (χ1n) is 25.0. The number of nitrogens with one attached hydrogen (secondary N) is 2. The quantitative estimate of drug-likeness (QED) is 0.0807. The van der Waals surface area contributed by atoms with Crippen LogP contribution in [0, 0.1) is 34.0 Å². The molecule has 3 aromatic heterocycles. The number of hydrogen-bond acceptors (Lipinski definition) is 16. The van der Waals surface area contributed by atoms with E-state index in [1.54, 1.807) is 114 Å². The Labute approximate surface area is 497 Å². The first kappa shape index (κ1) is 63.9.